The predicted molar refractivity (Wildman–Crippen MR) is 42.8 cm³/mol. The second-order valence-electron chi connectivity index (χ2n) is 2.21. The minimum atomic E-state index is 0.556. The van der Waals surface area contributed by atoms with Gasteiger partial charge in [-0.2, -0.15) is 5.26 Å². The highest BCUT2D eigenvalue weighted by molar-refractivity contribution is 7.96. The second-order valence-corrected chi connectivity index (χ2v) is 2.61. The molecule has 0 spiro atoms. The second kappa shape index (κ2) is 3.47. The van der Waals surface area contributed by atoms with Crippen LogP contribution in [0.4, 0.5) is 0 Å². The van der Waals surface area contributed by atoms with E-state index in [1.807, 2.05) is 4.90 Å². The van der Waals surface area contributed by atoms with E-state index in [4.69, 9.17) is 5.26 Å². The Labute approximate surface area is 65.8 Å². The molecule has 0 atom stereocenters. The Bertz CT molecular complexity index is 176. The van der Waals surface area contributed by atoms with Crippen LogP contribution in [-0.4, -0.2) is 23.2 Å². The highest BCUT2D eigenvalue weighted by Gasteiger charge is 2.12. The molecule has 0 saturated carbocycles. The van der Waals surface area contributed by atoms with Gasteiger partial charge >= 0.3 is 0 Å². The predicted octanol–water partition coefficient (Wildman–Crippen LogP) is 0.849. The number of hydrogen-bond acceptors (Lipinski definition) is 2. The topological polar surface area (TPSA) is 39.4 Å². The lowest BCUT2D eigenvalue weighted by atomic mass is 10.4. The van der Waals surface area contributed by atoms with Gasteiger partial charge in [0.05, 0.1) is 0 Å². The first-order valence-corrected chi connectivity index (χ1v) is 3.70. The summed E-state index contributed by atoms with van der Waals surface area (Å²) in [5, 5.41) is 8.74. The average Bonchev–Trinajstić information content (AvgIpc) is 2.38. The maximum atomic E-state index is 8.18. The quantitative estimate of drug-likeness (QED) is 0.244. The van der Waals surface area contributed by atoms with Crippen molar-refractivity contribution < 1.29 is 0 Å². The number of aliphatic imine (C=N–C) groups is 1. The van der Waals surface area contributed by atoms with E-state index in [0.717, 1.165) is 13.1 Å². The van der Waals surface area contributed by atoms with Crippen LogP contribution in [0.3, 0.4) is 0 Å². The van der Waals surface area contributed by atoms with Crippen molar-refractivity contribution in [2.75, 3.05) is 13.1 Å². The molecule has 0 bridgehead atoms. The number of rotatable bonds is 0. The van der Waals surface area contributed by atoms with Crippen LogP contribution in [0.5, 0.6) is 0 Å². The maximum Gasteiger partial charge on any atom is 0.208 e. The molecule has 1 aliphatic heterocycles. The fourth-order valence-corrected chi connectivity index (χ4v) is 1.28. The zero-order valence-corrected chi connectivity index (χ0v) is 6.51. The van der Waals surface area contributed by atoms with E-state index in [1.165, 1.54) is 12.8 Å². The van der Waals surface area contributed by atoms with Crippen molar-refractivity contribution in [2.45, 2.75) is 12.8 Å². The number of amidine groups is 1. The summed E-state index contributed by atoms with van der Waals surface area (Å²) in [7, 11) is 0. The third-order valence-corrected chi connectivity index (χ3v) is 1.92. The number of thiol groups is 1. The Morgan fingerprint density at radius 2 is 2.10 bits per heavy atom. The molecule has 0 aromatic carbocycles. The first-order valence-electron chi connectivity index (χ1n) is 3.25. The van der Waals surface area contributed by atoms with Gasteiger partial charge < -0.3 is 4.90 Å². The zero-order chi connectivity index (χ0) is 7.40. The monoisotopic (exact) mass is 155 g/mol. The molecule has 3 nitrogen and oxygen atoms in total. The van der Waals surface area contributed by atoms with E-state index in [9.17, 15) is 0 Å². The van der Waals surface area contributed by atoms with Gasteiger partial charge in [-0.15, -0.1) is 17.6 Å². The molecule has 1 fully saturated rings. The molecule has 0 aromatic heterocycles. The number of likely N-dealkylation sites (tertiary alicyclic amines) is 1. The lowest BCUT2D eigenvalue weighted by Gasteiger charge is -2.13. The molecule has 0 amide bonds. The molecule has 0 radical (unpaired) electrons. The summed E-state index contributed by atoms with van der Waals surface area (Å²) in [6.45, 7) is 1.98. The Kier molecular flexibility index (Phi) is 2.57. The van der Waals surface area contributed by atoms with Crippen molar-refractivity contribution in [3.05, 3.63) is 0 Å². The molecular weight excluding hydrogens is 146 g/mol. The van der Waals surface area contributed by atoms with Crippen molar-refractivity contribution in [2.24, 2.45) is 4.99 Å². The minimum Gasteiger partial charge on any atom is -0.351 e. The summed E-state index contributed by atoms with van der Waals surface area (Å²) in [5.74, 6) is 0. The number of nitrogens with zero attached hydrogens (tertiary/aromatic N) is 3. The molecule has 0 aliphatic carbocycles. The van der Waals surface area contributed by atoms with Crippen LogP contribution in [0.2, 0.25) is 0 Å². The van der Waals surface area contributed by atoms with Crippen LogP contribution in [0, 0.1) is 11.5 Å². The van der Waals surface area contributed by atoms with Crippen molar-refractivity contribution >= 4 is 17.8 Å². The average molecular weight is 155 g/mol. The van der Waals surface area contributed by atoms with Crippen LogP contribution in [0.15, 0.2) is 4.99 Å². The van der Waals surface area contributed by atoms with E-state index >= 15 is 0 Å². The summed E-state index contributed by atoms with van der Waals surface area (Å²) < 4.78 is 0. The van der Waals surface area contributed by atoms with Gasteiger partial charge in [-0.1, -0.05) is 0 Å². The SMILES string of the molecule is N#CN=C(S)N1CCCC1. The molecule has 0 unspecified atom stereocenters. The van der Waals surface area contributed by atoms with Gasteiger partial charge in [0.2, 0.25) is 6.19 Å². The van der Waals surface area contributed by atoms with E-state index in [0.29, 0.717) is 5.17 Å². The Morgan fingerprint density at radius 1 is 1.50 bits per heavy atom. The van der Waals surface area contributed by atoms with Crippen molar-refractivity contribution in [3.8, 4) is 6.19 Å². The van der Waals surface area contributed by atoms with Crippen LogP contribution in [0.25, 0.3) is 0 Å². The maximum absolute atomic E-state index is 8.18. The van der Waals surface area contributed by atoms with Gasteiger partial charge in [0, 0.05) is 13.1 Å². The molecule has 54 valence electrons. The van der Waals surface area contributed by atoms with Gasteiger partial charge in [-0.3, -0.25) is 0 Å². The standard InChI is InChI=1S/C6H9N3S/c7-5-8-6(10)9-3-1-2-4-9/h1-4H2,(H,8,10). The first-order chi connectivity index (χ1) is 4.84. The van der Waals surface area contributed by atoms with Gasteiger partial charge in [0.1, 0.15) is 0 Å². The highest BCUT2D eigenvalue weighted by atomic mass is 32.1. The van der Waals surface area contributed by atoms with Crippen molar-refractivity contribution in [1.82, 2.24) is 4.90 Å². The lowest BCUT2D eigenvalue weighted by Crippen LogP contribution is -2.22. The van der Waals surface area contributed by atoms with E-state index in [2.05, 4.69) is 17.6 Å². The minimum absolute atomic E-state index is 0.556. The van der Waals surface area contributed by atoms with Gasteiger partial charge in [-0.05, 0) is 12.8 Å². The smallest absolute Gasteiger partial charge is 0.208 e. The molecular formula is C6H9N3S. The molecule has 0 N–H and O–H groups in total. The lowest BCUT2D eigenvalue weighted by molar-refractivity contribution is 0.531. The molecule has 4 heteroatoms. The van der Waals surface area contributed by atoms with Gasteiger partial charge in [0.15, 0.2) is 5.17 Å². The van der Waals surface area contributed by atoms with Crippen molar-refractivity contribution in [1.29, 1.82) is 5.26 Å². The van der Waals surface area contributed by atoms with E-state index < -0.39 is 0 Å². The molecule has 0 aromatic rings. The Hall–Kier alpha value is -0.690. The summed E-state index contributed by atoms with van der Waals surface area (Å²) in [6, 6.07) is 0. The summed E-state index contributed by atoms with van der Waals surface area (Å²) in [4.78, 5) is 5.53. The first kappa shape index (κ1) is 7.42. The Balaban J connectivity index is 2.49. The van der Waals surface area contributed by atoms with E-state index in [-0.39, 0.29) is 0 Å². The highest BCUT2D eigenvalue weighted by Crippen LogP contribution is 2.09. The fourth-order valence-electron chi connectivity index (χ4n) is 1.03. The fraction of sp³-hybridized carbons (Fsp3) is 0.667. The van der Waals surface area contributed by atoms with Gasteiger partial charge in [-0.25, -0.2) is 0 Å². The number of hydrogen-bond donors (Lipinski definition) is 1. The van der Waals surface area contributed by atoms with Gasteiger partial charge in [0.25, 0.3) is 0 Å². The third-order valence-electron chi connectivity index (χ3n) is 1.54. The van der Waals surface area contributed by atoms with E-state index in [1.54, 1.807) is 6.19 Å². The summed E-state index contributed by atoms with van der Waals surface area (Å²) in [6.07, 6.45) is 4.09. The molecule has 1 heterocycles. The van der Waals surface area contributed by atoms with Crippen LogP contribution in [-0.2, 0) is 0 Å². The summed E-state index contributed by atoms with van der Waals surface area (Å²) in [5.41, 5.74) is 0. The molecule has 1 aliphatic rings. The van der Waals surface area contributed by atoms with Crippen LogP contribution in [0.1, 0.15) is 12.8 Å². The molecule has 1 rings (SSSR count). The van der Waals surface area contributed by atoms with Crippen LogP contribution >= 0.6 is 12.6 Å². The number of nitriles is 1. The van der Waals surface area contributed by atoms with Crippen molar-refractivity contribution in [3.63, 3.8) is 0 Å². The third kappa shape index (κ3) is 1.64. The normalized spacial score (nSPS) is 19.2. The molecule has 1 saturated heterocycles. The zero-order valence-electron chi connectivity index (χ0n) is 5.62. The Morgan fingerprint density at radius 3 is 2.60 bits per heavy atom. The largest absolute Gasteiger partial charge is 0.351 e. The van der Waals surface area contributed by atoms with Crippen LogP contribution < -0.4 is 0 Å². The summed E-state index contributed by atoms with van der Waals surface area (Å²) >= 11 is 4.06. The molecule has 10 heavy (non-hydrogen) atoms.